The molecule has 0 N–H and O–H groups in total. The number of imidazole rings is 1. The molecule has 0 radical (unpaired) electrons. The fourth-order valence-corrected chi connectivity index (χ4v) is 4.76. The molecule has 5 rings (SSSR count). The van der Waals surface area contributed by atoms with E-state index in [1.54, 1.807) is 4.90 Å². The van der Waals surface area contributed by atoms with Crippen LogP contribution in [0.15, 0.2) is 60.9 Å². The van der Waals surface area contributed by atoms with Gasteiger partial charge in [0.1, 0.15) is 0 Å². The van der Waals surface area contributed by atoms with Crippen molar-refractivity contribution < 1.29 is 9.59 Å². The molecular formula is C24H26N4O2. The minimum absolute atomic E-state index is 0.0430. The number of aromatic nitrogens is 2. The van der Waals surface area contributed by atoms with Gasteiger partial charge >= 0.3 is 0 Å². The summed E-state index contributed by atoms with van der Waals surface area (Å²) in [7, 11) is 0. The number of nitrogens with zero attached hydrogens (tertiary/aromatic N) is 4. The summed E-state index contributed by atoms with van der Waals surface area (Å²) >= 11 is 0. The zero-order valence-electron chi connectivity index (χ0n) is 17.0. The molecule has 30 heavy (non-hydrogen) atoms. The molecule has 3 aromatic rings. The lowest BCUT2D eigenvalue weighted by Gasteiger charge is -2.33. The zero-order valence-corrected chi connectivity index (χ0v) is 17.0. The standard InChI is InChI=1S/C24H26N4O2/c29-23-14-19(16-28(23)20-6-2-1-3-7-20)24(30)26-12-10-18(11-13-26)15-27-17-25-21-8-4-5-9-22(21)27/h1-9,17-19H,10-16H2. The van der Waals surface area contributed by atoms with Crippen molar-refractivity contribution in [1.29, 1.82) is 0 Å². The Morgan fingerprint density at radius 2 is 1.73 bits per heavy atom. The third kappa shape index (κ3) is 3.58. The van der Waals surface area contributed by atoms with Gasteiger partial charge in [0, 0.05) is 38.3 Å². The van der Waals surface area contributed by atoms with Gasteiger partial charge in [-0.3, -0.25) is 9.59 Å². The van der Waals surface area contributed by atoms with E-state index in [4.69, 9.17) is 0 Å². The zero-order chi connectivity index (χ0) is 20.5. The summed E-state index contributed by atoms with van der Waals surface area (Å²) in [5, 5.41) is 0. The molecule has 2 aromatic carbocycles. The van der Waals surface area contributed by atoms with Crippen LogP contribution in [-0.4, -0.2) is 45.9 Å². The average molecular weight is 402 g/mol. The molecule has 2 amide bonds. The van der Waals surface area contributed by atoms with E-state index in [1.165, 1.54) is 5.52 Å². The largest absolute Gasteiger partial charge is 0.342 e. The molecule has 6 nitrogen and oxygen atoms in total. The Hall–Kier alpha value is -3.15. The van der Waals surface area contributed by atoms with Crippen molar-refractivity contribution >= 4 is 28.5 Å². The number of rotatable bonds is 4. The van der Waals surface area contributed by atoms with Gasteiger partial charge in [-0.25, -0.2) is 4.98 Å². The molecule has 0 aliphatic carbocycles. The summed E-state index contributed by atoms with van der Waals surface area (Å²) in [5.74, 6) is 0.485. The molecule has 0 spiro atoms. The SMILES string of the molecule is O=C(C1CC(=O)N(c2ccccc2)C1)N1CCC(Cn2cnc3ccccc32)CC1. The maximum Gasteiger partial charge on any atom is 0.228 e. The van der Waals surface area contributed by atoms with Crippen LogP contribution in [0.3, 0.4) is 0 Å². The Kier molecular flexibility index (Phi) is 4.99. The van der Waals surface area contributed by atoms with E-state index in [9.17, 15) is 9.59 Å². The lowest BCUT2D eigenvalue weighted by molar-refractivity contribution is -0.137. The van der Waals surface area contributed by atoms with E-state index >= 15 is 0 Å². The van der Waals surface area contributed by atoms with Crippen LogP contribution in [0.2, 0.25) is 0 Å². The second-order valence-corrected chi connectivity index (χ2v) is 8.40. The molecular weight excluding hydrogens is 376 g/mol. The third-order valence-electron chi connectivity index (χ3n) is 6.45. The van der Waals surface area contributed by atoms with Gasteiger partial charge < -0.3 is 14.4 Å². The van der Waals surface area contributed by atoms with Crippen molar-refractivity contribution in [1.82, 2.24) is 14.5 Å². The van der Waals surface area contributed by atoms with Crippen molar-refractivity contribution in [2.45, 2.75) is 25.8 Å². The van der Waals surface area contributed by atoms with Gasteiger partial charge in [-0.05, 0) is 43.0 Å². The summed E-state index contributed by atoms with van der Waals surface area (Å²) in [6, 6.07) is 17.8. The Labute approximate surface area is 176 Å². The molecule has 2 saturated heterocycles. The number of likely N-dealkylation sites (tertiary alicyclic amines) is 1. The van der Waals surface area contributed by atoms with Gasteiger partial charge in [0.05, 0.1) is 23.3 Å². The number of amides is 2. The number of anilines is 1. The molecule has 2 aliphatic heterocycles. The van der Waals surface area contributed by atoms with Crippen molar-refractivity contribution in [3.8, 4) is 0 Å². The number of benzene rings is 2. The number of para-hydroxylation sites is 3. The molecule has 6 heteroatoms. The summed E-state index contributed by atoms with van der Waals surface area (Å²) in [4.78, 5) is 33.7. The molecule has 1 aromatic heterocycles. The van der Waals surface area contributed by atoms with Crippen molar-refractivity contribution in [3.63, 3.8) is 0 Å². The molecule has 154 valence electrons. The predicted molar refractivity (Wildman–Crippen MR) is 116 cm³/mol. The van der Waals surface area contributed by atoms with Gasteiger partial charge in [0.25, 0.3) is 0 Å². The first kappa shape index (κ1) is 18.9. The Bertz CT molecular complexity index is 1050. The first-order valence-electron chi connectivity index (χ1n) is 10.7. The van der Waals surface area contributed by atoms with Crippen LogP contribution in [0.5, 0.6) is 0 Å². The van der Waals surface area contributed by atoms with E-state index in [0.717, 1.165) is 43.7 Å². The summed E-state index contributed by atoms with van der Waals surface area (Å²) in [6.07, 6.45) is 4.21. The van der Waals surface area contributed by atoms with Gasteiger partial charge in [-0.15, -0.1) is 0 Å². The second kappa shape index (κ2) is 7.94. The number of hydrogen-bond donors (Lipinski definition) is 0. The maximum atomic E-state index is 13.1. The van der Waals surface area contributed by atoms with Crippen LogP contribution in [-0.2, 0) is 16.1 Å². The maximum absolute atomic E-state index is 13.1. The van der Waals surface area contributed by atoms with E-state index in [-0.39, 0.29) is 17.7 Å². The molecule has 2 aliphatic rings. The van der Waals surface area contributed by atoms with Crippen LogP contribution >= 0.6 is 0 Å². The molecule has 3 heterocycles. The highest BCUT2D eigenvalue weighted by atomic mass is 16.2. The number of carbonyl (C=O) groups excluding carboxylic acids is 2. The summed E-state index contributed by atoms with van der Waals surface area (Å²) in [6.45, 7) is 2.97. The smallest absolute Gasteiger partial charge is 0.228 e. The normalized spacial score (nSPS) is 20.3. The van der Waals surface area contributed by atoms with Gasteiger partial charge in [0.2, 0.25) is 11.8 Å². The fourth-order valence-electron chi connectivity index (χ4n) is 4.76. The minimum atomic E-state index is -0.230. The molecule has 1 atom stereocenters. The van der Waals surface area contributed by atoms with E-state index in [2.05, 4.69) is 15.6 Å². The highest BCUT2D eigenvalue weighted by Crippen LogP contribution is 2.28. The highest BCUT2D eigenvalue weighted by Gasteiger charge is 2.38. The average Bonchev–Trinajstić information content (AvgIpc) is 3.38. The van der Waals surface area contributed by atoms with Crippen LogP contribution in [0, 0.1) is 11.8 Å². The topological polar surface area (TPSA) is 58.4 Å². The van der Waals surface area contributed by atoms with E-state index in [0.29, 0.717) is 18.9 Å². The predicted octanol–water partition coefficient (Wildman–Crippen LogP) is 3.33. The van der Waals surface area contributed by atoms with Crippen LogP contribution < -0.4 is 4.90 Å². The van der Waals surface area contributed by atoms with Crippen molar-refractivity contribution in [3.05, 3.63) is 60.9 Å². The van der Waals surface area contributed by atoms with Crippen molar-refractivity contribution in [2.24, 2.45) is 11.8 Å². The van der Waals surface area contributed by atoms with E-state index < -0.39 is 0 Å². The minimum Gasteiger partial charge on any atom is -0.342 e. The van der Waals surface area contributed by atoms with Crippen molar-refractivity contribution in [2.75, 3.05) is 24.5 Å². The van der Waals surface area contributed by atoms with Crippen LogP contribution in [0.1, 0.15) is 19.3 Å². The Morgan fingerprint density at radius 3 is 2.53 bits per heavy atom. The molecule has 1 unspecified atom stereocenters. The number of fused-ring (bicyclic) bond motifs is 1. The molecule has 0 saturated carbocycles. The fraction of sp³-hybridized carbons (Fsp3) is 0.375. The summed E-state index contributed by atoms with van der Waals surface area (Å²) < 4.78 is 2.23. The van der Waals surface area contributed by atoms with Gasteiger partial charge in [-0.2, -0.15) is 0 Å². The number of carbonyl (C=O) groups is 2. The number of piperidine rings is 1. The Morgan fingerprint density at radius 1 is 1.00 bits per heavy atom. The van der Waals surface area contributed by atoms with Gasteiger partial charge in [-0.1, -0.05) is 30.3 Å². The van der Waals surface area contributed by atoms with Crippen LogP contribution in [0.4, 0.5) is 5.69 Å². The monoisotopic (exact) mass is 402 g/mol. The lowest BCUT2D eigenvalue weighted by atomic mass is 9.95. The summed E-state index contributed by atoms with van der Waals surface area (Å²) in [5.41, 5.74) is 3.07. The first-order chi connectivity index (χ1) is 14.7. The van der Waals surface area contributed by atoms with E-state index in [1.807, 2.05) is 59.8 Å². The first-order valence-corrected chi connectivity index (χ1v) is 10.7. The quantitative estimate of drug-likeness (QED) is 0.673. The second-order valence-electron chi connectivity index (χ2n) is 8.40. The Balaban J connectivity index is 1.18. The highest BCUT2D eigenvalue weighted by molar-refractivity contribution is 6.00. The van der Waals surface area contributed by atoms with Gasteiger partial charge in [0.15, 0.2) is 0 Å². The lowest BCUT2D eigenvalue weighted by Crippen LogP contribution is -2.43. The molecule has 2 fully saturated rings. The van der Waals surface area contributed by atoms with Crippen LogP contribution in [0.25, 0.3) is 11.0 Å². The third-order valence-corrected chi connectivity index (χ3v) is 6.45. The molecule has 0 bridgehead atoms. The number of hydrogen-bond acceptors (Lipinski definition) is 3.